The summed E-state index contributed by atoms with van der Waals surface area (Å²) in [4.78, 5) is 12.3. The Labute approximate surface area is 182 Å². The van der Waals surface area contributed by atoms with Crippen LogP contribution in [0.1, 0.15) is 21.9 Å². The predicted octanol–water partition coefficient (Wildman–Crippen LogP) is 5.92. The fraction of sp³-hybridized carbons (Fsp3) is 0.136. The highest BCUT2D eigenvalue weighted by molar-refractivity contribution is 6.07. The van der Waals surface area contributed by atoms with Crippen LogP contribution in [-0.2, 0) is 6.61 Å². The fourth-order valence-electron chi connectivity index (χ4n) is 2.65. The van der Waals surface area contributed by atoms with E-state index < -0.39 is 48.0 Å². The number of halogens is 6. The lowest BCUT2D eigenvalue weighted by atomic mass is 10.1. The maximum absolute atomic E-state index is 13.6. The molecule has 0 unspecified atom stereocenters. The van der Waals surface area contributed by atoms with Crippen LogP contribution in [0.3, 0.4) is 0 Å². The van der Waals surface area contributed by atoms with Crippen LogP contribution in [0.2, 0.25) is 0 Å². The second-order valence-electron chi connectivity index (χ2n) is 6.33. The van der Waals surface area contributed by atoms with Gasteiger partial charge in [-0.2, -0.15) is 17.6 Å². The molecule has 174 valence electrons. The number of hydrogen-bond acceptors (Lipinski definition) is 5. The third-order valence-electron chi connectivity index (χ3n) is 4.18. The normalized spacial score (nSPS) is 11.3. The van der Waals surface area contributed by atoms with Crippen LogP contribution in [0.15, 0.2) is 46.9 Å². The van der Waals surface area contributed by atoms with Crippen molar-refractivity contribution in [3.8, 4) is 17.2 Å². The molecule has 5 nitrogen and oxygen atoms in total. The quantitative estimate of drug-likeness (QED) is 0.168. The molecule has 0 saturated carbocycles. The van der Waals surface area contributed by atoms with Crippen LogP contribution in [0, 0.1) is 23.3 Å². The largest absolute Gasteiger partial charge is 0.493 e. The number of alkyl halides is 2. The van der Waals surface area contributed by atoms with E-state index in [9.17, 15) is 31.1 Å². The number of allylic oxidation sites excluding steroid dienone is 1. The Morgan fingerprint density at radius 3 is 2.33 bits per heavy atom. The number of benzene rings is 2. The van der Waals surface area contributed by atoms with Gasteiger partial charge in [0.15, 0.2) is 34.7 Å². The summed E-state index contributed by atoms with van der Waals surface area (Å²) in [7, 11) is 1.22. The van der Waals surface area contributed by atoms with Crippen molar-refractivity contribution >= 4 is 11.9 Å². The molecule has 0 fully saturated rings. The molecule has 1 heterocycles. The summed E-state index contributed by atoms with van der Waals surface area (Å²) < 4.78 is 97.8. The molecule has 1 aromatic heterocycles. The number of methoxy groups -OCH3 is 1. The monoisotopic (exact) mass is 472 g/mol. The van der Waals surface area contributed by atoms with Crippen LogP contribution in [0.5, 0.6) is 17.2 Å². The first kappa shape index (κ1) is 23.8. The van der Waals surface area contributed by atoms with Crippen molar-refractivity contribution in [3.05, 3.63) is 82.8 Å². The molecule has 0 amide bonds. The van der Waals surface area contributed by atoms with Gasteiger partial charge in [-0.05, 0) is 42.5 Å². The average molecular weight is 472 g/mol. The second kappa shape index (κ2) is 10.2. The Morgan fingerprint density at radius 1 is 1.00 bits per heavy atom. The average Bonchev–Trinajstić information content (AvgIpc) is 3.23. The van der Waals surface area contributed by atoms with E-state index in [2.05, 4.69) is 4.74 Å². The first-order valence-electron chi connectivity index (χ1n) is 9.09. The van der Waals surface area contributed by atoms with E-state index in [0.717, 1.165) is 12.1 Å². The Hall–Kier alpha value is -3.89. The van der Waals surface area contributed by atoms with Gasteiger partial charge in [0, 0.05) is 11.6 Å². The molecule has 0 aliphatic heterocycles. The zero-order valence-electron chi connectivity index (χ0n) is 16.7. The van der Waals surface area contributed by atoms with Crippen molar-refractivity contribution in [1.29, 1.82) is 0 Å². The van der Waals surface area contributed by atoms with E-state index >= 15 is 0 Å². The standard InChI is InChI=1S/C22H14F6O5/c1-30-18-8-11(2-7-17(18)33-22(27)28)16(29)6-5-12-3-4-13(32-12)10-31-21-19(25)14(23)9-15(24)20(21)26/h2-9,22H,10H2,1H3/b6-5+. The van der Waals surface area contributed by atoms with Crippen molar-refractivity contribution in [3.63, 3.8) is 0 Å². The van der Waals surface area contributed by atoms with Gasteiger partial charge < -0.3 is 18.6 Å². The highest BCUT2D eigenvalue weighted by atomic mass is 19.3. The van der Waals surface area contributed by atoms with E-state index in [1.807, 2.05) is 0 Å². The summed E-state index contributed by atoms with van der Waals surface area (Å²) in [6.45, 7) is -3.62. The molecule has 0 aliphatic rings. The highest BCUT2D eigenvalue weighted by Crippen LogP contribution is 2.30. The fourth-order valence-corrected chi connectivity index (χ4v) is 2.65. The van der Waals surface area contributed by atoms with Crippen molar-refractivity contribution in [2.24, 2.45) is 0 Å². The third kappa shape index (κ3) is 5.68. The number of carbonyl (C=O) groups is 1. The minimum Gasteiger partial charge on any atom is -0.493 e. The molecule has 0 aliphatic carbocycles. The van der Waals surface area contributed by atoms with E-state index in [-0.39, 0.29) is 34.6 Å². The number of carbonyl (C=O) groups excluding carboxylic acids is 1. The summed E-state index contributed by atoms with van der Waals surface area (Å²) in [6, 6.07) is 6.44. The molecule has 2 aromatic carbocycles. The minimum atomic E-state index is -3.06. The van der Waals surface area contributed by atoms with E-state index in [1.54, 1.807) is 0 Å². The van der Waals surface area contributed by atoms with Crippen molar-refractivity contribution < 1.29 is 49.8 Å². The zero-order chi connectivity index (χ0) is 24.1. The van der Waals surface area contributed by atoms with Gasteiger partial charge in [0.2, 0.25) is 11.6 Å². The van der Waals surface area contributed by atoms with E-state index in [1.165, 1.54) is 37.5 Å². The van der Waals surface area contributed by atoms with Gasteiger partial charge in [-0.3, -0.25) is 4.79 Å². The molecule has 33 heavy (non-hydrogen) atoms. The molecule has 3 aromatic rings. The highest BCUT2D eigenvalue weighted by Gasteiger charge is 2.21. The molecule has 0 bridgehead atoms. The molecule has 3 rings (SSSR count). The maximum atomic E-state index is 13.6. The number of hydrogen-bond donors (Lipinski definition) is 0. The summed E-state index contributed by atoms with van der Waals surface area (Å²) in [5, 5.41) is 0. The molecule has 0 atom stereocenters. The summed E-state index contributed by atoms with van der Waals surface area (Å²) in [5.41, 5.74) is 0.110. The van der Waals surface area contributed by atoms with Crippen LogP contribution in [0.4, 0.5) is 26.3 Å². The number of furan rings is 1. The SMILES string of the molecule is COc1cc(C(=O)/C=C/c2ccc(COc3c(F)c(F)cc(F)c3F)o2)ccc1OC(F)F. The van der Waals surface area contributed by atoms with Gasteiger partial charge in [0.05, 0.1) is 7.11 Å². The van der Waals surface area contributed by atoms with Crippen LogP contribution in [0.25, 0.3) is 6.08 Å². The Bertz CT molecular complexity index is 1160. The minimum absolute atomic E-state index is 0.0424. The third-order valence-corrected chi connectivity index (χ3v) is 4.18. The van der Waals surface area contributed by atoms with Gasteiger partial charge in [-0.1, -0.05) is 0 Å². The number of ketones is 1. The summed E-state index contributed by atoms with van der Waals surface area (Å²) in [5.74, 6) is -8.48. The molecule has 0 N–H and O–H groups in total. The van der Waals surface area contributed by atoms with Gasteiger partial charge >= 0.3 is 6.61 Å². The first-order chi connectivity index (χ1) is 15.7. The lowest BCUT2D eigenvalue weighted by molar-refractivity contribution is -0.0512. The molecule has 0 spiro atoms. The van der Waals surface area contributed by atoms with E-state index in [0.29, 0.717) is 0 Å². The number of ether oxygens (including phenoxy) is 3. The molecule has 0 radical (unpaired) electrons. The Balaban J connectivity index is 1.67. The lowest BCUT2D eigenvalue weighted by Crippen LogP contribution is -2.04. The zero-order valence-corrected chi connectivity index (χ0v) is 16.7. The molecule has 0 saturated heterocycles. The van der Waals surface area contributed by atoms with Crippen LogP contribution < -0.4 is 14.2 Å². The van der Waals surface area contributed by atoms with Crippen molar-refractivity contribution in [2.75, 3.05) is 7.11 Å². The summed E-state index contributed by atoms with van der Waals surface area (Å²) in [6.07, 6.45) is 2.39. The van der Waals surface area contributed by atoms with Crippen molar-refractivity contribution in [1.82, 2.24) is 0 Å². The Morgan fingerprint density at radius 2 is 1.70 bits per heavy atom. The number of rotatable bonds is 9. The van der Waals surface area contributed by atoms with Gasteiger partial charge in [0.1, 0.15) is 18.1 Å². The molecular weight excluding hydrogens is 458 g/mol. The summed E-state index contributed by atoms with van der Waals surface area (Å²) >= 11 is 0. The van der Waals surface area contributed by atoms with Gasteiger partial charge in [-0.15, -0.1) is 0 Å². The van der Waals surface area contributed by atoms with Crippen molar-refractivity contribution in [2.45, 2.75) is 13.2 Å². The second-order valence-corrected chi connectivity index (χ2v) is 6.33. The first-order valence-corrected chi connectivity index (χ1v) is 9.09. The Kier molecular flexibility index (Phi) is 7.31. The van der Waals surface area contributed by atoms with Crippen LogP contribution >= 0.6 is 0 Å². The van der Waals surface area contributed by atoms with Gasteiger partial charge in [0.25, 0.3) is 0 Å². The van der Waals surface area contributed by atoms with Gasteiger partial charge in [-0.25, -0.2) is 8.78 Å². The van der Waals surface area contributed by atoms with Crippen LogP contribution in [-0.4, -0.2) is 19.5 Å². The lowest BCUT2D eigenvalue weighted by Gasteiger charge is -2.10. The maximum Gasteiger partial charge on any atom is 0.387 e. The smallest absolute Gasteiger partial charge is 0.387 e. The predicted molar refractivity (Wildman–Crippen MR) is 102 cm³/mol. The molecule has 11 heteroatoms. The molecular formula is C22H14F6O5. The van der Waals surface area contributed by atoms with E-state index in [4.69, 9.17) is 13.9 Å². The topological polar surface area (TPSA) is 57.9 Å².